The largest absolute Gasteiger partial charge is 0.330 e. The molecule has 0 bridgehead atoms. The highest BCUT2D eigenvalue weighted by Crippen LogP contribution is 2.46. The first kappa shape index (κ1) is 22.6. The first-order chi connectivity index (χ1) is 11.5. The standard InChI is InChI=1S/C15H18N2S.3C2H6/c1-10-8-9-13(15(10,2)3)17-12-7-5-4-6-11(12)16-14(17)18;3*1-2/h4-7,9-10H,8H2,1-3H3,(H,16,18);3*1-2H3. The fourth-order valence-electron chi connectivity index (χ4n) is 2.77. The van der Waals surface area contributed by atoms with Gasteiger partial charge in [-0.3, -0.25) is 4.57 Å². The van der Waals surface area contributed by atoms with E-state index in [1.807, 2.05) is 47.6 Å². The van der Waals surface area contributed by atoms with Crippen LogP contribution < -0.4 is 0 Å². The minimum Gasteiger partial charge on any atom is -0.330 e. The zero-order valence-corrected chi connectivity index (χ0v) is 17.8. The lowest BCUT2D eigenvalue weighted by Gasteiger charge is -2.29. The van der Waals surface area contributed by atoms with Crippen molar-refractivity contribution in [2.24, 2.45) is 11.3 Å². The second-order valence-corrected chi connectivity index (χ2v) is 6.12. The Morgan fingerprint density at radius 1 is 1.04 bits per heavy atom. The van der Waals surface area contributed by atoms with E-state index < -0.39 is 0 Å². The predicted molar refractivity (Wildman–Crippen MR) is 113 cm³/mol. The number of imidazole rings is 1. The molecule has 1 heterocycles. The van der Waals surface area contributed by atoms with E-state index >= 15 is 0 Å². The molecule has 1 N–H and O–H groups in total. The molecule has 1 aromatic carbocycles. The van der Waals surface area contributed by atoms with E-state index in [-0.39, 0.29) is 5.41 Å². The van der Waals surface area contributed by atoms with Gasteiger partial charge in [-0.2, -0.15) is 0 Å². The summed E-state index contributed by atoms with van der Waals surface area (Å²) in [5, 5.41) is 0. The summed E-state index contributed by atoms with van der Waals surface area (Å²) in [6.07, 6.45) is 3.46. The van der Waals surface area contributed by atoms with Crippen LogP contribution in [-0.2, 0) is 0 Å². The van der Waals surface area contributed by atoms with Crippen LogP contribution >= 0.6 is 12.2 Å². The summed E-state index contributed by atoms with van der Waals surface area (Å²) in [5.41, 5.74) is 3.79. The van der Waals surface area contributed by atoms with Crippen LogP contribution in [0.5, 0.6) is 0 Å². The van der Waals surface area contributed by atoms with Crippen molar-refractivity contribution in [1.82, 2.24) is 9.55 Å². The molecule has 2 nitrogen and oxygen atoms in total. The molecular weight excluding hydrogens is 312 g/mol. The van der Waals surface area contributed by atoms with Gasteiger partial charge in [0.15, 0.2) is 4.77 Å². The minimum atomic E-state index is 0.170. The number of aromatic amines is 1. The topological polar surface area (TPSA) is 20.7 Å². The van der Waals surface area contributed by atoms with Crippen LogP contribution in [0, 0.1) is 16.1 Å². The zero-order chi connectivity index (χ0) is 18.9. The molecule has 3 heteroatoms. The third-order valence-corrected chi connectivity index (χ3v) is 4.67. The Morgan fingerprint density at radius 3 is 2.08 bits per heavy atom. The number of fused-ring (bicyclic) bond motifs is 1. The maximum absolute atomic E-state index is 5.50. The highest BCUT2D eigenvalue weighted by molar-refractivity contribution is 7.71. The molecule has 1 atom stereocenters. The van der Waals surface area contributed by atoms with E-state index in [2.05, 4.69) is 54.6 Å². The molecule has 1 aromatic heterocycles. The van der Waals surface area contributed by atoms with Crippen molar-refractivity contribution in [2.45, 2.75) is 68.7 Å². The predicted octanol–water partition coefficient (Wildman–Crippen LogP) is 7.68. The summed E-state index contributed by atoms with van der Waals surface area (Å²) in [4.78, 5) is 3.29. The first-order valence-electron chi connectivity index (χ1n) is 9.42. The number of benzene rings is 1. The molecule has 3 rings (SSSR count). The molecule has 0 saturated carbocycles. The van der Waals surface area contributed by atoms with Crippen LogP contribution in [0.25, 0.3) is 16.7 Å². The van der Waals surface area contributed by atoms with Crippen LogP contribution in [0.2, 0.25) is 0 Å². The molecule has 0 radical (unpaired) electrons. The Bertz CT molecular complexity index is 689. The molecule has 0 amide bonds. The van der Waals surface area contributed by atoms with Crippen molar-refractivity contribution >= 4 is 28.9 Å². The van der Waals surface area contributed by atoms with Crippen LogP contribution in [0.15, 0.2) is 30.3 Å². The van der Waals surface area contributed by atoms with Crippen molar-refractivity contribution in [2.75, 3.05) is 0 Å². The Kier molecular flexibility index (Phi) is 9.91. The van der Waals surface area contributed by atoms with Crippen molar-refractivity contribution in [3.8, 4) is 0 Å². The average Bonchev–Trinajstić information content (AvgIpc) is 3.08. The summed E-state index contributed by atoms with van der Waals surface area (Å²) in [7, 11) is 0. The van der Waals surface area contributed by atoms with Gasteiger partial charge >= 0.3 is 0 Å². The second-order valence-electron chi connectivity index (χ2n) is 5.73. The normalized spacial score (nSPS) is 17.5. The van der Waals surface area contributed by atoms with E-state index in [1.165, 1.54) is 11.2 Å². The van der Waals surface area contributed by atoms with E-state index in [1.54, 1.807) is 0 Å². The van der Waals surface area contributed by atoms with Gasteiger partial charge in [-0.1, -0.05) is 80.5 Å². The summed E-state index contributed by atoms with van der Waals surface area (Å²) >= 11 is 5.50. The number of nitrogens with one attached hydrogen (secondary N) is 1. The number of hydrogen-bond acceptors (Lipinski definition) is 1. The summed E-state index contributed by atoms with van der Waals surface area (Å²) in [5.74, 6) is 0.656. The number of nitrogens with zero attached hydrogens (tertiary/aromatic N) is 1. The van der Waals surface area contributed by atoms with Crippen molar-refractivity contribution < 1.29 is 0 Å². The second kappa shape index (κ2) is 10.5. The summed E-state index contributed by atoms with van der Waals surface area (Å²) in [6.45, 7) is 18.9. The molecule has 0 spiro atoms. The smallest absolute Gasteiger partial charge is 0.182 e. The lowest BCUT2D eigenvalue weighted by molar-refractivity contribution is 0.338. The minimum absolute atomic E-state index is 0.170. The molecule has 1 unspecified atom stereocenters. The highest BCUT2D eigenvalue weighted by atomic mass is 32.1. The third-order valence-electron chi connectivity index (χ3n) is 4.39. The molecular formula is C21H36N2S. The summed E-state index contributed by atoms with van der Waals surface area (Å²) < 4.78 is 3.00. The molecule has 2 aromatic rings. The van der Waals surface area contributed by atoms with Crippen LogP contribution in [0.4, 0.5) is 0 Å². The molecule has 0 aliphatic heterocycles. The lowest BCUT2D eigenvalue weighted by atomic mass is 9.81. The SMILES string of the molecule is CC.CC.CC.CC1CC=C(n2c(=S)[nH]c3ccccc32)C1(C)C. The number of allylic oxidation sites excluding steroid dienone is 2. The molecule has 0 fully saturated rings. The maximum atomic E-state index is 5.50. The number of para-hydroxylation sites is 2. The van der Waals surface area contributed by atoms with Crippen molar-refractivity contribution in [3.05, 3.63) is 35.1 Å². The zero-order valence-electron chi connectivity index (χ0n) is 17.0. The van der Waals surface area contributed by atoms with Gasteiger partial charge in [0.1, 0.15) is 0 Å². The Balaban J connectivity index is 0.000000798. The van der Waals surface area contributed by atoms with Gasteiger partial charge in [-0.05, 0) is 36.7 Å². The molecule has 136 valence electrons. The summed E-state index contributed by atoms with van der Waals surface area (Å²) in [6, 6.07) is 8.30. The van der Waals surface area contributed by atoms with Gasteiger partial charge in [0, 0.05) is 11.1 Å². The van der Waals surface area contributed by atoms with Gasteiger partial charge < -0.3 is 4.98 Å². The molecule has 24 heavy (non-hydrogen) atoms. The average molecular weight is 349 g/mol. The Hall–Kier alpha value is -1.35. The third kappa shape index (κ3) is 4.38. The maximum Gasteiger partial charge on any atom is 0.182 e. The van der Waals surface area contributed by atoms with Gasteiger partial charge in [-0.25, -0.2) is 0 Å². The quantitative estimate of drug-likeness (QED) is 0.524. The Morgan fingerprint density at radius 2 is 1.58 bits per heavy atom. The highest BCUT2D eigenvalue weighted by Gasteiger charge is 2.36. The van der Waals surface area contributed by atoms with E-state index in [9.17, 15) is 0 Å². The molecule has 0 saturated heterocycles. The van der Waals surface area contributed by atoms with E-state index in [4.69, 9.17) is 12.2 Å². The van der Waals surface area contributed by atoms with Crippen LogP contribution in [0.3, 0.4) is 0 Å². The number of hydrogen-bond donors (Lipinski definition) is 1. The van der Waals surface area contributed by atoms with E-state index in [0.717, 1.165) is 16.7 Å². The first-order valence-corrected chi connectivity index (χ1v) is 9.83. The van der Waals surface area contributed by atoms with Gasteiger partial charge in [0.2, 0.25) is 0 Å². The van der Waals surface area contributed by atoms with Gasteiger partial charge in [0.05, 0.1) is 11.0 Å². The Labute approximate surface area is 154 Å². The fraction of sp³-hybridized carbons (Fsp3) is 0.571. The van der Waals surface area contributed by atoms with E-state index in [0.29, 0.717) is 5.92 Å². The number of aromatic nitrogens is 2. The van der Waals surface area contributed by atoms with Crippen LogP contribution in [0.1, 0.15) is 68.7 Å². The fourth-order valence-corrected chi connectivity index (χ4v) is 3.08. The van der Waals surface area contributed by atoms with Gasteiger partial charge in [0.25, 0.3) is 0 Å². The van der Waals surface area contributed by atoms with Gasteiger partial charge in [-0.15, -0.1) is 0 Å². The van der Waals surface area contributed by atoms with Crippen molar-refractivity contribution in [3.63, 3.8) is 0 Å². The number of rotatable bonds is 1. The van der Waals surface area contributed by atoms with Crippen LogP contribution in [-0.4, -0.2) is 9.55 Å². The molecule has 1 aliphatic carbocycles. The van der Waals surface area contributed by atoms with Crippen molar-refractivity contribution in [1.29, 1.82) is 0 Å². The monoisotopic (exact) mass is 348 g/mol. The number of H-pyrrole nitrogens is 1. The lowest BCUT2D eigenvalue weighted by Crippen LogP contribution is -2.21. The molecule has 1 aliphatic rings.